The lowest BCUT2D eigenvalue weighted by Crippen LogP contribution is -2.04. The molecule has 0 aliphatic carbocycles. The number of hydrogen-bond donors (Lipinski definition) is 1. The Hall–Kier alpha value is -1.87. The van der Waals surface area contributed by atoms with Crippen LogP contribution in [0.2, 0.25) is 0 Å². The Morgan fingerprint density at radius 3 is 2.41 bits per heavy atom. The first-order valence-corrected chi connectivity index (χ1v) is 5.61. The highest BCUT2D eigenvalue weighted by atomic mass is 16.3. The van der Waals surface area contributed by atoms with Crippen molar-refractivity contribution < 1.29 is 9.21 Å². The summed E-state index contributed by atoms with van der Waals surface area (Å²) in [6, 6.07) is 11.0. The largest absolute Gasteiger partial charge is 0.458 e. The van der Waals surface area contributed by atoms with Gasteiger partial charge in [-0.3, -0.25) is 4.79 Å². The zero-order valence-electron chi connectivity index (χ0n) is 9.77. The Bertz CT molecular complexity index is 511. The van der Waals surface area contributed by atoms with Crippen molar-refractivity contribution in [3.8, 4) is 0 Å². The van der Waals surface area contributed by atoms with E-state index in [9.17, 15) is 4.79 Å². The first-order valence-electron chi connectivity index (χ1n) is 5.61. The third-order valence-corrected chi connectivity index (χ3v) is 2.61. The Labute approximate surface area is 100 Å². The lowest BCUT2D eigenvalue weighted by molar-refractivity contribution is 0.101. The second kappa shape index (κ2) is 4.97. The minimum Gasteiger partial charge on any atom is -0.458 e. The number of carbonyl (C=O) groups excluding carboxylic acids is 1. The fraction of sp³-hybridized carbons (Fsp3) is 0.214. The molecule has 3 heteroatoms. The molecule has 0 spiro atoms. The summed E-state index contributed by atoms with van der Waals surface area (Å²) < 4.78 is 5.31. The van der Waals surface area contributed by atoms with Crippen LogP contribution in [0.1, 0.15) is 27.4 Å². The molecule has 1 aromatic carbocycles. The van der Waals surface area contributed by atoms with Crippen molar-refractivity contribution >= 4 is 5.78 Å². The zero-order chi connectivity index (χ0) is 12.3. The van der Waals surface area contributed by atoms with Crippen LogP contribution in [0.5, 0.6) is 0 Å². The van der Waals surface area contributed by atoms with E-state index < -0.39 is 0 Å². The molecule has 0 bridgehead atoms. The molecule has 0 amide bonds. The summed E-state index contributed by atoms with van der Waals surface area (Å²) in [7, 11) is 0. The Kier molecular flexibility index (Phi) is 3.40. The van der Waals surface area contributed by atoms with Crippen molar-refractivity contribution in [3.63, 3.8) is 0 Å². The standard InChI is InChI=1S/C14H15NO2/c1-10-2-7-13(17-10)14(16)12-5-3-11(4-6-12)8-9-15/h2-7H,8-9,15H2,1H3. The van der Waals surface area contributed by atoms with Crippen molar-refractivity contribution in [3.05, 3.63) is 59.0 Å². The van der Waals surface area contributed by atoms with Crippen molar-refractivity contribution in [1.82, 2.24) is 0 Å². The topological polar surface area (TPSA) is 56.2 Å². The zero-order valence-corrected chi connectivity index (χ0v) is 9.77. The number of nitrogens with two attached hydrogens (primary N) is 1. The number of furan rings is 1. The number of aryl methyl sites for hydroxylation is 1. The Morgan fingerprint density at radius 1 is 1.18 bits per heavy atom. The maximum atomic E-state index is 12.0. The number of rotatable bonds is 4. The van der Waals surface area contributed by atoms with E-state index in [0.717, 1.165) is 17.7 Å². The van der Waals surface area contributed by atoms with Gasteiger partial charge in [-0.15, -0.1) is 0 Å². The quantitative estimate of drug-likeness (QED) is 0.818. The minimum absolute atomic E-state index is 0.0857. The van der Waals surface area contributed by atoms with Crippen LogP contribution in [-0.4, -0.2) is 12.3 Å². The molecule has 1 heterocycles. The number of benzene rings is 1. The third-order valence-electron chi connectivity index (χ3n) is 2.61. The maximum Gasteiger partial charge on any atom is 0.228 e. The molecule has 2 rings (SSSR count). The fourth-order valence-electron chi connectivity index (χ4n) is 1.69. The van der Waals surface area contributed by atoms with Crippen molar-refractivity contribution in [2.75, 3.05) is 6.54 Å². The van der Waals surface area contributed by atoms with Gasteiger partial charge in [0.05, 0.1) is 0 Å². The molecule has 0 fully saturated rings. The smallest absolute Gasteiger partial charge is 0.228 e. The highest BCUT2D eigenvalue weighted by Crippen LogP contribution is 2.13. The maximum absolute atomic E-state index is 12.0. The molecule has 0 unspecified atom stereocenters. The van der Waals surface area contributed by atoms with E-state index in [0.29, 0.717) is 17.9 Å². The van der Waals surface area contributed by atoms with Crippen LogP contribution in [-0.2, 0) is 6.42 Å². The highest BCUT2D eigenvalue weighted by Gasteiger charge is 2.12. The molecule has 0 aliphatic rings. The summed E-state index contributed by atoms with van der Waals surface area (Å²) in [6.45, 7) is 2.44. The molecule has 0 atom stereocenters. The Morgan fingerprint density at radius 2 is 1.88 bits per heavy atom. The lowest BCUT2D eigenvalue weighted by atomic mass is 10.1. The monoisotopic (exact) mass is 229 g/mol. The molecule has 2 N–H and O–H groups in total. The molecule has 88 valence electrons. The SMILES string of the molecule is Cc1ccc(C(=O)c2ccc(CCN)cc2)o1. The van der Waals surface area contributed by atoms with Gasteiger partial charge in [-0.05, 0) is 37.6 Å². The van der Waals surface area contributed by atoms with Gasteiger partial charge >= 0.3 is 0 Å². The van der Waals surface area contributed by atoms with E-state index in [1.165, 1.54) is 0 Å². The van der Waals surface area contributed by atoms with Crippen LogP contribution < -0.4 is 5.73 Å². The predicted molar refractivity (Wildman–Crippen MR) is 66.1 cm³/mol. The molecular formula is C14H15NO2. The van der Waals surface area contributed by atoms with E-state index in [1.807, 2.05) is 31.2 Å². The first kappa shape index (κ1) is 11.6. The molecule has 0 saturated heterocycles. The summed E-state index contributed by atoms with van der Waals surface area (Å²) in [5.74, 6) is 1.04. The first-order chi connectivity index (χ1) is 8.20. The van der Waals surface area contributed by atoms with Gasteiger partial charge in [0, 0.05) is 5.56 Å². The molecule has 0 saturated carbocycles. The summed E-state index contributed by atoms with van der Waals surface area (Å²) >= 11 is 0. The van der Waals surface area contributed by atoms with E-state index in [-0.39, 0.29) is 5.78 Å². The number of ketones is 1. The fourth-order valence-corrected chi connectivity index (χ4v) is 1.69. The normalized spacial score (nSPS) is 10.5. The minimum atomic E-state index is -0.0857. The van der Waals surface area contributed by atoms with Crippen molar-refractivity contribution in [1.29, 1.82) is 0 Å². The van der Waals surface area contributed by atoms with Crippen molar-refractivity contribution in [2.24, 2.45) is 5.73 Å². The van der Waals surface area contributed by atoms with Gasteiger partial charge in [-0.25, -0.2) is 0 Å². The molecule has 0 radical (unpaired) electrons. The van der Waals surface area contributed by atoms with Gasteiger partial charge < -0.3 is 10.2 Å². The van der Waals surface area contributed by atoms with Crippen LogP contribution in [0.4, 0.5) is 0 Å². The highest BCUT2D eigenvalue weighted by molar-refractivity contribution is 6.07. The summed E-state index contributed by atoms with van der Waals surface area (Å²) in [5, 5.41) is 0. The van der Waals surface area contributed by atoms with Gasteiger partial charge in [0.25, 0.3) is 0 Å². The number of hydrogen-bond acceptors (Lipinski definition) is 3. The molecule has 1 aromatic heterocycles. The second-order valence-electron chi connectivity index (χ2n) is 3.98. The summed E-state index contributed by atoms with van der Waals surface area (Å²) in [5.41, 5.74) is 7.25. The summed E-state index contributed by atoms with van der Waals surface area (Å²) in [4.78, 5) is 12.0. The van der Waals surface area contributed by atoms with Crippen molar-refractivity contribution in [2.45, 2.75) is 13.3 Å². The predicted octanol–water partition coefficient (Wildman–Crippen LogP) is 2.32. The third kappa shape index (κ3) is 2.63. The van der Waals surface area contributed by atoms with Gasteiger partial charge in [0.15, 0.2) is 5.76 Å². The van der Waals surface area contributed by atoms with Crippen LogP contribution in [0.25, 0.3) is 0 Å². The average Bonchev–Trinajstić information content (AvgIpc) is 2.76. The molecular weight excluding hydrogens is 214 g/mol. The van der Waals surface area contributed by atoms with E-state index in [4.69, 9.17) is 10.2 Å². The van der Waals surface area contributed by atoms with Crippen LogP contribution in [0.3, 0.4) is 0 Å². The molecule has 3 nitrogen and oxygen atoms in total. The Balaban J connectivity index is 2.20. The van der Waals surface area contributed by atoms with Gasteiger partial charge in [-0.2, -0.15) is 0 Å². The lowest BCUT2D eigenvalue weighted by Gasteiger charge is -2.01. The van der Waals surface area contributed by atoms with E-state index >= 15 is 0 Å². The van der Waals surface area contributed by atoms with Crippen LogP contribution in [0.15, 0.2) is 40.8 Å². The van der Waals surface area contributed by atoms with Gasteiger partial charge in [-0.1, -0.05) is 24.3 Å². The molecule has 17 heavy (non-hydrogen) atoms. The van der Waals surface area contributed by atoms with Crippen LogP contribution in [0, 0.1) is 6.92 Å². The number of carbonyl (C=O) groups is 1. The second-order valence-corrected chi connectivity index (χ2v) is 3.98. The van der Waals surface area contributed by atoms with Gasteiger partial charge in [0.1, 0.15) is 5.76 Å². The average molecular weight is 229 g/mol. The van der Waals surface area contributed by atoms with E-state index in [2.05, 4.69) is 0 Å². The van der Waals surface area contributed by atoms with Crippen LogP contribution >= 0.6 is 0 Å². The van der Waals surface area contributed by atoms with E-state index in [1.54, 1.807) is 12.1 Å². The molecule has 0 aliphatic heterocycles. The van der Waals surface area contributed by atoms with Gasteiger partial charge in [0.2, 0.25) is 5.78 Å². The molecule has 2 aromatic rings. The summed E-state index contributed by atoms with van der Waals surface area (Å²) in [6.07, 6.45) is 0.828.